The van der Waals surface area contributed by atoms with E-state index in [4.69, 9.17) is 0 Å². The first-order valence-corrected chi connectivity index (χ1v) is 7.91. The molecule has 0 N–H and O–H groups in total. The fraction of sp³-hybridized carbons (Fsp3) is 0.438. The Bertz CT molecular complexity index is 624. The lowest BCUT2D eigenvalue weighted by molar-refractivity contribution is 0.240. The normalized spacial score (nSPS) is 12.9. The lowest BCUT2D eigenvalue weighted by Crippen LogP contribution is -2.24. The highest BCUT2D eigenvalue weighted by atomic mass is 79.9. The van der Waals surface area contributed by atoms with Gasteiger partial charge in [0.2, 0.25) is 0 Å². The topological polar surface area (TPSA) is 21.1 Å². The third-order valence-corrected chi connectivity index (χ3v) is 4.90. The van der Waals surface area contributed by atoms with Crippen LogP contribution in [0.1, 0.15) is 36.8 Å². The Morgan fingerprint density at radius 1 is 1.38 bits per heavy atom. The van der Waals surface area contributed by atoms with Crippen LogP contribution in [0.2, 0.25) is 0 Å². The summed E-state index contributed by atoms with van der Waals surface area (Å²) in [4.78, 5) is 2.13. The Labute approximate surface area is 133 Å². The number of hydrogen-bond acceptors (Lipinski definition) is 2. The van der Waals surface area contributed by atoms with Gasteiger partial charge in [-0.1, -0.05) is 18.2 Å². The van der Waals surface area contributed by atoms with Crippen LogP contribution >= 0.6 is 15.9 Å². The minimum atomic E-state index is -0.156. The molecule has 1 unspecified atom stereocenters. The molecule has 0 aliphatic carbocycles. The molecule has 5 heteroatoms. The number of nitrogens with zero attached hydrogens (tertiary/aromatic N) is 3. The Morgan fingerprint density at radius 2 is 2.05 bits per heavy atom. The molecule has 0 aliphatic heterocycles. The van der Waals surface area contributed by atoms with Crippen molar-refractivity contribution >= 4 is 15.9 Å². The number of halogens is 2. The van der Waals surface area contributed by atoms with E-state index in [0.717, 1.165) is 28.0 Å². The van der Waals surface area contributed by atoms with Crippen LogP contribution in [0.3, 0.4) is 0 Å². The zero-order valence-corrected chi connectivity index (χ0v) is 14.5. The van der Waals surface area contributed by atoms with Crippen LogP contribution in [0, 0.1) is 12.7 Å². The van der Waals surface area contributed by atoms with Crippen molar-refractivity contribution in [2.45, 2.75) is 39.9 Å². The van der Waals surface area contributed by atoms with Gasteiger partial charge in [0, 0.05) is 24.7 Å². The number of aryl methyl sites for hydroxylation is 2. The molecule has 0 saturated carbocycles. The Morgan fingerprint density at radius 3 is 2.67 bits per heavy atom. The molecule has 2 rings (SSSR count). The fourth-order valence-corrected chi connectivity index (χ4v) is 2.85. The van der Waals surface area contributed by atoms with Gasteiger partial charge in [-0.05, 0) is 49.8 Å². The fourth-order valence-electron chi connectivity index (χ4n) is 2.44. The van der Waals surface area contributed by atoms with Crippen molar-refractivity contribution < 1.29 is 4.39 Å². The number of hydrogen-bond donors (Lipinski definition) is 0. The zero-order chi connectivity index (χ0) is 15.6. The average Bonchev–Trinajstić information content (AvgIpc) is 2.74. The number of rotatable bonds is 5. The summed E-state index contributed by atoms with van der Waals surface area (Å²) >= 11 is 3.61. The van der Waals surface area contributed by atoms with Crippen LogP contribution in [0.15, 0.2) is 28.7 Å². The lowest BCUT2D eigenvalue weighted by atomic mass is 10.1. The van der Waals surface area contributed by atoms with E-state index >= 15 is 0 Å². The van der Waals surface area contributed by atoms with Crippen molar-refractivity contribution in [2.75, 3.05) is 7.05 Å². The first-order valence-electron chi connectivity index (χ1n) is 7.12. The van der Waals surface area contributed by atoms with Crippen molar-refractivity contribution in [1.82, 2.24) is 14.7 Å². The maximum atomic E-state index is 13.9. The van der Waals surface area contributed by atoms with Crippen LogP contribution in [0.25, 0.3) is 0 Å². The predicted octanol–water partition coefficient (Wildman–Crippen LogP) is 4.31. The van der Waals surface area contributed by atoms with Gasteiger partial charge in [-0.3, -0.25) is 9.58 Å². The minimum Gasteiger partial charge on any atom is -0.294 e. The van der Waals surface area contributed by atoms with Crippen molar-refractivity contribution in [2.24, 2.45) is 0 Å². The minimum absolute atomic E-state index is 0.00128. The van der Waals surface area contributed by atoms with E-state index in [0.29, 0.717) is 6.54 Å². The van der Waals surface area contributed by atoms with Crippen molar-refractivity contribution in [3.05, 3.63) is 51.5 Å². The second-order valence-corrected chi connectivity index (χ2v) is 6.07. The highest BCUT2D eigenvalue weighted by molar-refractivity contribution is 9.10. The van der Waals surface area contributed by atoms with Crippen LogP contribution in [-0.4, -0.2) is 21.7 Å². The van der Waals surface area contributed by atoms with Crippen LogP contribution in [-0.2, 0) is 13.1 Å². The Balaban J connectivity index is 2.22. The predicted molar refractivity (Wildman–Crippen MR) is 86.6 cm³/mol. The summed E-state index contributed by atoms with van der Waals surface area (Å²) in [5, 5.41) is 4.50. The lowest BCUT2D eigenvalue weighted by Gasteiger charge is -2.25. The molecule has 0 bridgehead atoms. The average molecular weight is 354 g/mol. The summed E-state index contributed by atoms with van der Waals surface area (Å²) in [6, 6.07) is 6.94. The summed E-state index contributed by atoms with van der Waals surface area (Å²) in [6.07, 6.45) is 0. The van der Waals surface area contributed by atoms with Gasteiger partial charge in [-0.15, -0.1) is 0 Å². The van der Waals surface area contributed by atoms with Gasteiger partial charge in [0.05, 0.1) is 15.9 Å². The Hall–Kier alpha value is -1.20. The van der Waals surface area contributed by atoms with E-state index in [-0.39, 0.29) is 11.9 Å². The van der Waals surface area contributed by atoms with Gasteiger partial charge >= 0.3 is 0 Å². The molecule has 2 aromatic rings. The maximum Gasteiger partial charge on any atom is 0.127 e. The molecule has 114 valence electrons. The summed E-state index contributed by atoms with van der Waals surface area (Å²) in [7, 11) is 2.01. The molecule has 0 radical (unpaired) electrons. The van der Waals surface area contributed by atoms with E-state index in [9.17, 15) is 4.39 Å². The van der Waals surface area contributed by atoms with Gasteiger partial charge < -0.3 is 0 Å². The molecule has 0 amide bonds. The second kappa shape index (κ2) is 6.71. The third-order valence-electron chi connectivity index (χ3n) is 3.87. The second-order valence-electron chi connectivity index (χ2n) is 5.27. The number of benzene rings is 1. The van der Waals surface area contributed by atoms with Gasteiger partial charge in [-0.2, -0.15) is 5.10 Å². The van der Waals surface area contributed by atoms with Gasteiger partial charge in [0.25, 0.3) is 0 Å². The van der Waals surface area contributed by atoms with E-state index in [2.05, 4.69) is 32.9 Å². The van der Waals surface area contributed by atoms with Crippen molar-refractivity contribution in [3.63, 3.8) is 0 Å². The molecular formula is C16H21BrFN3. The van der Waals surface area contributed by atoms with Crippen molar-refractivity contribution in [3.8, 4) is 0 Å². The third kappa shape index (κ3) is 3.35. The molecule has 1 atom stereocenters. The molecule has 3 nitrogen and oxygen atoms in total. The summed E-state index contributed by atoms with van der Waals surface area (Å²) in [5.41, 5.74) is 2.83. The SMILES string of the molecule is CCn1nc(C)c(Br)c1CN(C)C(C)c1ccccc1F. The first-order chi connectivity index (χ1) is 9.95. The largest absolute Gasteiger partial charge is 0.294 e. The first kappa shape index (κ1) is 16.2. The highest BCUT2D eigenvalue weighted by Crippen LogP contribution is 2.27. The maximum absolute atomic E-state index is 13.9. The Kier molecular flexibility index (Phi) is 5.17. The summed E-state index contributed by atoms with van der Waals surface area (Å²) in [5.74, 6) is -0.156. The molecule has 1 aromatic heterocycles. The quantitative estimate of drug-likeness (QED) is 0.798. The van der Waals surface area contributed by atoms with Gasteiger partial charge in [-0.25, -0.2) is 4.39 Å². The summed E-state index contributed by atoms with van der Waals surface area (Å²) in [6.45, 7) is 7.61. The molecule has 1 heterocycles. The molecule has 1 aromatic carbocycles. The van der Waals surface area contributed by atoms with E-state index in [1.54, 1.807) is 6.07 Å². The van der Waals surface area contributed by atoms with Gasteiger partial charge in [0.1, 0.15) is 5.82 Å². The van der Waals surface area contributed by atoms with E-state index in [1.807, 2.05) is 37.7 Å². The molecule has 0 fully saturated rings. The molecule has 0 spiro atoms. The smallest absolute Gasteiger partial charge is 0.127 e. The van der Waals surface area contributed by atoms with Crippen LogP contribution in [0.4, 0.5) is 4.39 Å². The molecule has 21 heavy (non-hydrogen) atoms. The van der Waals surface area contributed by atoms with Gasteiger partial charge in [0.15, 0.2) is 0 Å². The van der Waals surface area contributed by atoms with E-state index in [1.165, 1.54) is 6.07 Å². The molecule has 0 saturated heterocycles. The zero-order valence-electron chi connectivity index (χ0n) is 12.9. The number of aromatic nitrogens is 2. The molecular weight excluding hydrogens is 333 g/mol. The summed E-state index contributed by atoms with van der Waals surface area (Å²) < 4.78 is 16.9. The van der Waals surface area contributed by atoms with E-state index < -0.39 is 0 Å². The van der Waals surface area contributed by atoms with Crippen LogP contribution in [0.5, 0.6) is 0 Å². The standard InChI is InChI=1S/C16H21BrFN3/c1-5-21-15(16(17)11(2)19-21)10-20(4)12(3)13-8-6-7-9-14(13)18/h6-9,12H,5,10H2,1-4H3. The van der Waals surface area contributed by atoms with Crippen molar-refractivity contribution in [1.29, 1.82) is 0 Å². The highest BCUT2D eigenvalue weighted by Gasteiger charge is 2.19. The van der Waals surface area contributed by atoms with Crippen LogP contribution < -0.4 is 0 Å². The molecule has 0 aliphatic rings. The monoisotopic (exact) mass is 353 g/mol.